The van der Waals surface area contributed by atoms with Gasteiger partial charge in [0.05, 0.1) is 12.2 Å². The summed E-state index contributed by atoms with van der Waals surface area (Å²) in [6.07, 6.45) is 3.86. The molecule has 1 heterocycles. The normalized spacial score (nSPS) is 25.5. The molecule has 0 radical (unpaired) electrons. The van der Waals surface area contributed by atoms with Crippen molar-refractivity contribution in [3.8, 4) is 0 Å². The number of hydrogen-bond donors (Lipinski definition) is 0. The smallest absolute Gasteiger partial charge is 0.0697 e. The lowest BCUT2D eigenvalue weighted by Crippen LogP contribution is -2.33. The van der Waals surface area contributed by atoms with Gasteiger partial charge in [-0.2, -0.15) is 0 Å². The molecule has 1 aliphatic carbocycles. The summed E-state index contributed by atoms with van der Waals surface area (Å²) >= 11 is 0. The van der Waals surface area contributed by atoms with Crippen molar-refractivity contribution < 1.29 is 4.74 Å². The molecule has 2 nitrogen and oxygen atoms in total. The van der Waals surface area contributed by atoms with E-state index >= 15 is 0 Å². The second-order valence-electron chi connectivity index (χ2n) is 4.41. The zero-order chi connectivity index (χ0) is 10.6. The van der Waals surface area contributed by atoms with E-state index in [0.29, 0.717) is 11.6 Å². The van der Waals surface area contributed by atoms with Crippen LogP contribution in [0.3, 0.4) is 0 Å². The summed E-state index contributed by atoms with van der Waals surface area (Å²) in [6.45, 7) is 11.8. The largest absolute Gasteiger partial charge is 0.374 e. The molecule has 2 heteroatoms. The zero-order valence-electron chi connectivity index (χ0n) is 10.2. The summed E-state index contributed by atoms with van der Waals surface area (Å²) in [6, 6.07) is 0.683. The van der Waals surface area contributed by atoms with E-state index in [1.807, 2.05) is 13.8 Å². The van der Waals surface area contributed by atoms with Crippen LogP contribution in [0.4, 0.5) is 0 Å². The average Bonchev–Trinajstić information content (AvgIpc) is 2.98. The third-order valence-electron chi connectivity index (χ3n) is 3.18. The third kappa shape index (κ3) is 2.96. The minimum Gasteiger partial charge on any atom is -0.374 e. The van der Waals surface area contributed by atoms with Gasteiger partial charge in [-0.15, -0.1) is 0 Å². The van der Waals surface area contributed by atoms with Crippen LogP contribution in [0, 0.1) is 0 Å². The van der Waals surface area contributed by atoms with E-state index in [9.17, 15) is 0 Å². The summed E-state index contributed by atoms with van der Waals surface area (Å²) in [4.78, 5) is 2.52. The van der Waals surface area contributed by atoms with Crippen molar-refractivity contribution in [2.45, 2.75) is 58.6 Å². The van der Waals surface area contributed by atoms with Gasteiger partial charge in [-0.1, -0.05) is 13.8 Å². The van der Waals surface area contributed by atoms with Crippen molar-refractivity contribution in [2.24, 2.45) is 0 Å². The highest BCUT2D eigenvalue weighted by Crippen LogP contribution is 2.43. The maximum atomic E-state index is 5.84. The van der Waals surface area contributed by atoms with Gasteiger partial charge in [0, 0.05) is 19.1 Å². The van der Waals surface area contributed by atoms with Gasteiger partial charge in [0.15, 0.2) is 0 Å². The van der Waals surface area contributed by atoms with Crippen LogP contribution in [0.1, 0.15) is 47.0 Å². The molecule has 0 N–H and O–H groups in total. The van der Waals surface area contributed by atoms with Gasteiger partial charge < -0.3 is 4.74 Å². The lowest BCUT2D eigenvalue weighted by Gasteiger charge is -2.23. The van der Waals surface area contributed by atoms with Gasteiger partial charge in [0.1, 0.15) is 0 Å². The van der Waals surface area contributed by atoms with Crippen LogP contribution in [0.25, 0.3) is 0 Å². The van der Waals surface area contributed by atoms with Gasteiger partial charge >= 0.3 is 0 Å². The quantitative estimate of drug-likeness (QED) is 0.644. The van der Waals surface area contributed by atoms with E-state index in [1.54, 1.807) is 0 Å². The number of hydrogen-bond acceptors (Lipinski definition) is 2. The zero-order valence-corrected chi connectivity index (χ0v) is 10.2. The summed E-state index contributed by atoms with van der Waals surface area (Å²) in [5.41, 5.74) is 0.337. The van der Waals surface area contributed by atoms with E-state index < -0.39 is 0 Å². The van der Waals surface area contributed by atoms with Crippen LogP contribution >= 0.6 is 0 Å². The van der Waals surface area contributed by atoms with Crippen molar-refractivity contribution in [3.05, 3.63) is 0 Å². The predicted octanol–water partition coefficient (Wildman–Crippen LogP) is 2.68. The lowest BCUT2D eigenvalue weighted by atomic mass is 10.2. The molecule has 0 unspecified atom stereocenters. The maximum absolute atomic E-state index is 5.84. The fourth-order valence-corrected chi connectivity index (χ4v) is 1.96. The molecule has 1 aliphatic heterocycles. The highest BCUT2D eigenvalue weighted by molar-refractivity contribution is 4.97. The van der Waals surface area contributed by atoms with Crippen molar-refractivity contribution >= 4 is 0 Å². The van der Waals surface area contributed by atoms with E-state index in [-0.39, 0.29) is 0 Å². The highest BCUT2D eigenvalue weighted by atomic mass is 16.5. The molecule has 0 aromatic rings. The van der Waals surface area contributed by atoms with Crippen LogP contribution in [-0.2, 0) is 4.74 Å². The molecule has 2 aliphatic rings. The van der Waals surface area contributed by atoms with Crippen molar-refractivity contribution in [1.82, 2.24) is 4.90 Å². The SMILES string of the molecule is CC.CC(C)N1CCOC2(CC1)CC2. The van der Waals surface area contributed by atoms with E-state index in [4.69, 9.17) is 4.74 Å². The highest BCUT2D eigenvalue weighted by Gasteiger charge is 2.44. The fraction of sp³-hybridized carbons (Fsp3) is 1.00. The summed E-state index contributed by atoms with van der Waals surface area (Å²) in [5, 5.41) is 0. The van der Waals surface area contributed by atoms with E-state index in [1.165, 1.54) is 25.8 Å². The summed E-state index contributed by atoms with van der Waals surface area (Å²) in [5.74, 6) is 0. The molecule has 0 atom stereocenters. The van der Waals surface area contributed by atoms with Gasteiger partial charge in [-0.3, -0.25) is 4.90 Å². The predicted molar refractivity (Wildman–Crippen MR) is 60.6 cm³/mol. The molecule has 2 rings (SSSR count). The molecule has 0 amide bonds. The van der Waals surface area contributed by atoms with Crippen molar-refractivity contribution in [2.75, 3.05) is 19.7 Å². The Morgan fingerprint density at radius 2 is 1.71 bits per heavy atom. The van der Waals surface area contributed by atoms with Crippen LogP contribution in [0.2, 0.25) is 0 Å². The van der Waals surface area contributed by atoms with Crippen LogP contribution in [0.5, 0.6) is 0 Å². The Kier molecular flexibility index (Phi) is 4.39. The Morgan fingerprint density at radius 3 is 2.21 bits per heavy atom. The lowest BCUT2D eigenvalue weighted by molar-refractivity contribution is 0.0414. The molecule has 0 bridgehead atoms. The molecular weight excluding hydrogens is 174 g/mol. The first-order valence-electron chi connectivity index (χ1n) is 6.10. The summed E-state index contributed by atoms with van der Waals surface area (Å²) < 4.78 is 5.84. The van der Waals surface area contributed by atoms with Crippen LogP contribution < -0.4 is 0 Å². The molecule has 1 saturated carbocycles. The van der Waals surface area contributed by atoms with Gasteiger partial charge in [0.25, 0.3) is 0 Å². The first kappa shape index (κ1) is 12.0. The second-order valence-corrected chi connectivity index (χ2v) is 4.41. The number of rotatable bonds is 1. The minimum atomic E-state index is 0.337. The Hall–Kier alpha value is -0.0800. The van der Waals surface area contributed by atoms with Gasteiger partial charge in [0.2, 0.25) is 0 Å². The topological polar surface area (TPSA) is 12.5 Å². The van der Waals surface area contributed by atoms with Crippen LogP contribution in [-0.4, -0.2) is 36.2 Å². The Labute approximate surface area is 88.6 Å². The van der Waals surface area contributed by atoms with Gasteiger partial charge in [-0.05, 0) is 33.1 Å². The average molecular weight is 199 g/mol. The first-order chi connectivity index (χ1) is 6.72. The molecule has 84 valence electrons. The molecule has 0 aromatic heterocycles. The Balaban J connectivity index is 0.000000461. The monoisotopic (exact) mass is 199 g/mol. The minimum absolute atomic E-state index is 0.337. The number of ether oxygens (including phenoxy) is 1. The summed E-state index contributed by atoms with van der Waals surface area (Å²) in [7, 11) is 0. The second kappa shape index (κ2) is 5.13. The molecule has 14 heavy (non-hydrogen) atoms. The molecule has 0 aromatic carbocycles. The maximum Gasteiger partial charge on any atom is 0.0697 e. The van der Waals surface area contributed by atoms with E-state index in [0.717, 1.165) is 13.2 Å². The first-order valence-corrected chi connectivity index (χ1v) is 6.10. The van der Waals surface area contributed by atoms with Gasteiger partial charge in [-0.25, -0.2) is 0 Å². The Morgan fingerprint density at radius 1 is 1.07 bits per heavy atom. The standard InChI is InChI=1S/C10H19NO.C2H6/c1-9(2)11-6-5-10(3-4-10)12-8-7-11;1-2/h9H,3-8H2,1-2H3;1-2H3. The van der Waals surface area contributed by atoms with Crippen molar-refractivity contribution in [3.63, 3.8) is 0 Å². The molecular formula is C12H25NO. The third-order valence-corrected chi connectivity index (χ3v) is 3.18. The fourth-order valence-electron chi connectivity index (χ4n) is 1.96. The van der Waals surface area contributed by atoms with Crippen molar-refractivity contribution in [1.29, 1.82) is 0 Å². The van der Waals surface area contributed by atoms with Crippen LogP contribution in [0.15, 0.2) is 0 Å². The molecule has 1 saturated heterocycles. The Bertz CT molecular complexity index is 164. The molecule has 1 spiro atoms. The number of nitrogens with zero attached hydrogens (tertiary/aromatic N) is 1. The van der Waals surface area contributed by atoms with E-state index in [2.05, 4.69) is 18.7 Å². The molecule has 2 fully saturated rings.